The summed E-state index contributed by atoms with van der Waals surface area (Å²) in [5.41, 5.74) is 2.25. The Balaban J connectivity index is 1.65. The number of ketones is 1. The highest BCUT2D eigenvalue weighted by Gasteiger charge is 2.62. The maximum absolute atomic E-state index is 13.2. The molecule has 4 atom stereocenters. The van der Waals surface area contributed by atoms with Gasteiger partial charge in [-0.25, -0.2) is 4.39 Å². The molecule has 2 aromatic carbocycles. The van der Waals surface area contributed by atoms with Crippen LogP contribution in [-0.2, 0) is 14.4 Å². The molecule has 124 valence electrons. The summed E-state index contributed by atoms with van der Waals surface area (Å²) in [6.45, 7) is 0. The normalized spacial score (nSPS) is 29.8. The van der Waals surface area contributed by atoms with Crippen LogP contribution in [0, 0.1) is 17.7 Å². The van der Waals surface area contributed by atoms with Gasteiger partial charge >= 0.3 is 0 Å². The number of nitrogens with zero attached hydrogens (tertiary/aromatic N) is 1. The van der Waals surface area contributed by atoms with Crippen LogP contribution in [0.2, 0.25) is 0 Å². The van der Waals surface area contributed by atoms with E-state index in [1.54, 1.807) is 0 Å². The van der Waals surface area contributed by atoms with Gasteiger partial charge in [0.15, 0.2) is 0 Å². The van der Waals surface area contributed by atoms with E-state index in [-0.39, 0.29) is 23.5 Å². The van der Waals surface area contributed by atoms with Crippen molar-refractivity contribution in [3.05, 3.63) is 65.5 Å². The van der Waals surface area contributed by atoms with Crippen LogP contribution in [0.3, 0.4) is 0 Å². The highest BCUT2D eigenvalue weighted by molar-refractivity contribution is 6.24. The lowest BCUT2D eigenvalue weighted by molar-refractivity contribution is -0.134. The molecular formula is C20H14FNO3. The molecule has 1 heterocycles. The topological polar surface area (TPSA) is 54.5 Å². The highest BCUT2D eigenvalue weighted by Crippen LogP contribution is 2.57. The molecule has 25 heavy (non-hydrogen) atoms. The van der Waals surface area contributed by atoms with Crippen molar-refractivity contribution < 1.29 is 18.8 Å². The Labute approximate surface area is 143 Å². The monoisotopic (exact) mass is 335 g/mol. The SMILES string of the molecule is O=C1CC2c3ccccc3C1C1C(=O)N(c3ccc(F)cc3)C(=O)C21. The van der Waals surface area contributed by atoms with Gasteiger partial charge in [0.05, 0.1) is 23.4 Å². The van der Waals surface area contributed by atoms with E-state index in [0.29, 0.717) is 12.1 Å². The fourth-order valence-corrected chi connectivity index (χ4v) is 4.80. The smallest absolute Gasteiger partial charge is 0.238 e. The summed E-state index contributed by atoms with van der Waals surface area (Å²) in [7, 11) is 0. The molecule has 2 aromatic rings. The predicted molar refractivity (Wildman–Crippen MR) is 87.4 cm³/mol. The van der Waals surface area contributed by atoms with E-state index in [4.69, 9.17) is 0 Å². The molecule has 2 amide bonds. The molecule has 6 rings (SSSR count). The molecule has 0 aromatic heterocycles. The summed E-state index contributed by atoms with van der Waals surface area (Å²) in [4.78, 5) is 39.8. The maximum atomic E-state index is 13.2. The first-order valence-electron chi connectivity index (χ1n) is 8.33. The Bertz CT molecular complexity index is 936. The van der Waals surface area contributed by atoms with Crippen molar-refractivity contribution >= 4 is 23.3 Å². The van der Waals surface area contributed by atoms with Crippen LogP contribution >= 0.6 is 0 Å². The summed E-state index contributed by atoms with van der Waals surface area (Å²) in [6, 6.07) is 12.9. The van der Waals surface area contributed by atoms with Crippen LogP contribution in [0.5, 0.6) is 0 Å². The first-order valence-corrected chi connectivity index (χ1v) is 8.33. The third-order valence-corrected chi connectivity index (χ3v) is 5.77. The fourth-order valence-electron chi connectivity index (χ4n) is 4.80. The molecule has 0 radical (unpaired) electrons. The second-order valence-corrected chi connectivity index (χ2v) is 6.92. The Morgan fingerprint density at radius 2 is 1.48 bits per heavy atom. The highest BCUT2D eigenvalue weighted by atomic mass is 19.1. The molecule has 3 aliphatic carbocycles. The molecule has 2 fully saturated rings. The van der Waals surface area contributed by atoms with Gasteiger partial charge in [-0.2, -0.15) is 0 Å². The van der Waals surface area contributed by atoms with E-state index in [0.717, 1.165) is 16.0 Å². The van der Waals surface area contributed by atoms with Gasteiger partial charge in [0.1, 0.15) is 11.6 Å². The van der Waals surface area contributed by atoms with Crippen LogP contribution in [0.1, 0.15) is 29.4 Å². The number of Topliss-reactive ketones (excluding diaryl/α,β-unsaturated/α-hetero) is 1. The number of amides is 2. The van der Waals surface area contributed by atoms with Crippen LogP contribution in [0.4, 0.5) is 10.1 Å². The number of carbonyl (C=O) groups excluding carboxylic acids is 3. The zero-order chi connectivity index (χ0) is 17.3. The molecule has 5 heteroatoms. The summed E-state index contributed by atoms with van der Waals surface area (Å²) < 4.78 is 13.2. The molecule has 4 aliphatic rings. The number of anilines is 1. The fraction of sp³-hybridized carbons (Fsp3) is 0.250. The second-order valence-electron chi connectivity index (χ2n) is 6.92. The van der Waals surface area contributed by atoms with E-state index in [1.165, 1.54) is 24.3 Å². The third kappa shape index (κ3) is 1.78. The molecular weight excluding hydrogens is 321 g/mol. The lowest BCUT2D eigenvalue weighted by atomic mass is 9.56. The van der Waals surface area contributed by atoms with Crippen molar-refractivity contribution in [1.29, 1.82) is 0 Å². The van der Waals surface area contributed by atoms with Gasteiger partial charge in [0, 0.05) is 12.3 Å². The molecule has 1 saturated heterocycles. The van der Waals surface area contributed by atoms with Crippen molar-refractivity contribution in [2.24, 2.45) is 11.8 Å². The molecule has 4 unspecified atom stereocenters. The van der Waals surface area contributed by atoms with Crippen LogP contribution in [0.25, 0.3) is 0 Å². The first kappa shape index (κ1) is 14.5. The summed E-state index contributed by atoms with van der Waals surface area (Å²) in [5.74, 6) is -2.96. The van der Waals surface area contributed by atoms with Crippen LogP contribution in [0.15, 0.2) is 48.5 Å². The van der Waals surface area contributed by atoms with Gasteiger partial charge in [-0.1, -0.05) is 24.3 Å². The van der Waals surface area contributed by atoms with Gasteiger partial charge < -0.3 is 0 Å². The van der Waals surface area contributed by atoms with Crippen molar-refractivity contribution in [2.75, 3.05) is 4.90 Å². The molecule has 1 saturated carbocycles. The number of imide groups is 1. The minimum absolute atomic E-state index is 0.0343. The molecule has 0 N–H and O–H groups in total. The van der Waals surface area contributed by atoms with E-state index in [9.17, 15) is 18.8 Å². The van der Waals surface area contributed by atoms with E-state index in [1.807, 2.05) is 24.3 Å². The zero-order valence-corrected chi connectivity index (χ0v) is 13.2. The van der Waals surface area contributed by atoms with Gasteiger partial charge in [0.2, 0.25) is 11.8 Å². The van der Waals surface area contributed by atoms with Crippen molar-refractivity contribution in [3.8, 4) is 0 Å². The lowest BCUT2D eigenvalue weighted by Crippen LogP contribution is -2.44. The number of hydrogen-bond acceptors (Lipinski definition) is 3. The van der Waals surface area contributed by atoms with Crippen molar-refractivity contribution in [3.63, 3.8) is 0 Å². The lowest BCUT2D eigenvalue weighted by Gasteiger charge is -2.43. The number of halogens is 1. The number of carbonyl (C=O) groups is 3. The van der Waals surface area contributed by atoms with Crippen molar-refractivity contribution in [2.45, 2.75) is 18.3 Å². The quantitative estimate of drug-likeness (QED) is 0.753. The molecule has 4 nitrogen and oxygen atoms in total. The van der Waals surface area contributed by atoms with Crippen LogP contribution in [-0.4, -0.2) is 17.6 Å². The number of fused-ring (bicyclic) bond motifs is 1. The van der Waals surface area contributed by atoms with E-state index >= 15 is 0 Å². The average molecular weight is 335 g/mol. The molecule has 0 spiro atoms. The Hall–Kier alpha value is -2.82. The third-order valence-electron chi connectivity index (χ3n) is 5.77. The minimum atomic E-state index is -0.640. The van der Waals surface area contributed by atoms with E-state index < -0.39 is 23.6 Å². The van der Waals surface area contributed by atoms with Crippen molar-refractivity contribution in [1.82, 2.24) is 0 Å². The Kier molecular flexibility index (Phi) is 2.82. The standard InChI is InChI=1S/C20H14FNO3/c21-10-5-7-11(8-6-10)22-19(24)17-14-9-15(23)16(18(17)20(22)25)13-4-2-1-3-12(13)14/h1-8,14,16-18H,9H2. The number of rotatable bonds is 1. The van der Waals surface area contributed by atoms with E-state index in [2.05, 4.69) is 0 Å². The largest absolute Gasteiger partial charge is 0.299 e. The van der Waals surface area contributed by atoms with Crippen LogP contribution < -0.4 is 4.90 Å². The number of benzene rings is 2. The summed E-state index contributed by atoms with van der Waals surface area (Å²) >= 11 is 0. The minimum Gasteiger partial charge on any atom is -0.299 e. The van der Waals surface area contributed by atoms with Gasteiger partial charge in [-0.3, -0.25) is 19.3 Å². The maximum Gasteiger partial charge on any atom is 0.238 e. The summed E-state index contributed by atoms with van der Waals surface area (Å²) in [5, 5.41) is 0. The second kappa shape index (κ2) is 4.85. The van der Waals surface area contributed by atoms with Gasteiger partial charge in [-0.15, -0.1) is 0 Å². The first-order chi connectivity index (χ1) is 12.1. The Morgan fingerprint density at radius 3 is 2.20 bits per heavy atom. The zero-order valence-electron chi connectivity index (χ0n) is 13.2. The predicted octanol–water partition coefficient (Wildman–Crippen LogP) is 2.79. The summed E-state index contributed by atoms with van der Waals surface area (Å²) in [6.07, 6.45) is 0.305. The van der Waals surface area contributed by atoms with Gasteiger partial charge in [-0.05, 0) is 35.4 Å². The average Bonchev–Trinajstić information content (AvgIpc) is 2.88. The van der Waals surface area contributed by atoms with Gasteiger partial charge in [0.25, 0.3) is 0 Å². The Morgan fingerprint density at radius 1 is 0.840 bits per heavy atom. The number of hydrogen-bond donors (Lipinski definition) is 0. The molecule has 2 bridgehead atoms. The molecule has 1 aliphatic heterocycles.